The summed E-state index contributed by atoms with van der Waals surface area (Å²) in [5, 5.41) is 0. The molecule has 1 atom stereocenters. The number of aromatic nitrogens is 2. The summed E-state index contributed by atoms with van der Waals surface area (Å²) in [6.07, 6.45) is 2.21. The Balaban J connectivity index is 1.86. The second-order valence-corrected chi connectivity index (χ2v) is 6.79. The number of H-pyrrole nitrogens is 1. The van der Waals surface area contributed by atoms with E-state index < -0.39 is 5.41 Å². The smallest absolute Gasteiger partial charge is 0.313 e. The molecular formula is C18H21N3O3S. The number of nitrogens with zero attached hydrogens (tertiary/aromatic N) is 2. The molecule has 1 aliphatic heterocycles. The van der Waals surface area contributed by atoms with Crippen LogP contribution in [0.1, 0.15) is 30.8 Å². The van der Waals surface area contributed by atoms with Gasteiger partial charge in [-0.25, -0.2) is 0 Å². The van der Waals surface area contributed by atoms with Crippen molar-refractivity contribution < 1.29 is 14.3 Å². The van der Waals surface area contributed by atoms with Gasteiger partial charge in [0.2, 0.25) is 0 Å². The fourth-order valence-electron chi connectivity index (χ4n) is 3.13. The second-order valence-electron chi connectivity index (χ2n) is 6.41. The van der Waals surface area contributed by atoms with Crippen LogP contribution in [-0.4, -0.2) is 46.0 Å². The number of amides is 1. The van der Waals surface area contributed by atoms with E-state index in [1.165, 1.54) is 0 Å². The molecule has 1 aromatic heterocycles. The van der Waals surface area contributed by atoms with Crippen LogP contribution >= 0.6 is 12.2 Å². The molecule has 2 aromatic rings. The van der Waals surface area contributed by atoms with Gasteiger partial charge in [-0.2, -0.15) is 0 Å². The minimum absolute atomic E-state index is 0.149. The van der Waals surface area contributed by atoms with Gasteiger partial charge in [0, 0.05) is 25.0 Å². The van der Waals surface area contributed by atoms with E-state index in [-0.39, 0.29) is 11.9 Å². The molecule has 1 N–H and O–H groups in total. The number of ether oxygens (including phenoxy) is 1. The number of rotatable bonds is 4. The normalized spacial score (nSPS) is 19.8. The lowest BCUT2D eigenvalue weighted by Gasteiger charge is -2.22. The number of imidazole rings is 1. The Bertz CT molecular complexity index is 843. The Morgan fingerprint density at radius 3 is 2.72 bits per heavy atom. The maximum atomic E-state index is 13.0. The lowest BCUT2D eigenvalue weighted by atomic mass is 9.90. The largest absolute Gasteiger partial charge is 0.466 e. The molecule has 0 radical (unpaired) electrons. The van der Waals surface area contributed by atoms with Crippen molar-refractivity contribution in [1.29, 1.82) is 0 Å². The van der Waals surface area contributed by atoms with Gasteiger partial charge in [-0.05, 0) is 44.6 Å². The van der Waals surface area contributed by atoms with Gasteiger partial charge in [0.05, 0.1) is 12.0 Å². The van der Waals surface area contributed by atoms with Crippen LogP contribution in [0.2, 0.25) is 0 Å². The highest BCUT2D eigenvalue weighted by molar-refractivity contribution is 7.71. The summed E-state index contributed by atoms with van der Waals surface area (Å²) in [7, 11) is 0. The number of nitrogens with one attached hydrogen (secondary N) is 1. The summed E-state index contributed by atoms with van der Waals surface area (Å²) in [5.41, 5.74) is 0.629. The first-order chi connectivity index (χ1) is 12.0. The van der Waals surface area contributed by atoms with Gasteiger partial charge in [0.25, 0.3) is 5.91 Å². The monoisotopic (exact) mass is 359 g/mol. The lowest BCUT2D eigenvalue weighted by Crippen LogP contribution is -2.36. The summed E-state index contributed by atoms with van der Waals surface area (Å²) in [6.45, 7) is 4.83. The van der Waals surface area contributed by atoms with Crippen molar-refractivity contribution >= 4 is 24.1 Å². The Hall–Kier alpha value is -2.41. The first kappa shape index (κ1) is 17.4. The van der Waals surface area contributed by atoms with Crippen molar-refractivity contribution in [1.82, 2.24) is 14.5 Å². The summed E-state index contributed by atoms with van der Waals surface area (Å²) >= 11 is 5.33. The molecule has 0 unspecified atom stereocenters. The molecular weight excluding hydrogens is 338 g/mol. The van der Waals surface area contributed by atoms with Crippen LogP contribution in [-0.2, 0) is 9.53 Å². The highest BCUT2D eigenvalue weighted by atomic mass is 32.1. The molecule has 7 heteroatoms. The molecule has 1 fully saturated rings. The van der Waals surface area contributed by atoms with Crippen molar-refractivity contribution in [2.45, 2.75) is 20.3 Å². The van der Waals surface area contributed by atoms with E-state index in [0.717, 1.165) is 5.69 Å². The fourth-order valence-corrected chi connectivity index (χ4v) is 3.39. The van der Waals surface area contributed by atoms with Crippen molar-refractivity contribution in [3.63, 3.8) is 0 Å². The standard InChI is InChI=1S/C18H21N3O3S/c1-3-24-16(23)18(2)9-10-20(12-18)15(22)14-11-19-17(25)21(14)13-7-5-4-6-8-13/h4-8,11H,3,9-10,12H2,1-2H3,(H,19,25)/t18-/m1/s1. The Morgan fingerprint density at radius 2 is 2.04 bits per heavy atom. The number of para-hydroxylation sites is 1. The van der Waals surface area contributed by atoms with Crippen molar-refractivity contribution in [3.8, 4) is 5.69 Å². The summed E-state index contributed by atoms with van der Waals surface area (Å²) in [6, 6.07) is 9.49. The molecule has 2 heterocycles. The maximum Gasteiger partial charge on any atom is 0.313 e. The molecule has 25 heavy (non-hydrogen) atoms. The average molecular weight is 359 g/mol. The van der Waals surface area contributed by atoms with Crippen LogP contribution in [0, 0.1) is 10.2 Å². The van der Waals surface area contributed by atoms with Crippen LogP contribution in [0.3, 0.4) is 0 Å². The van der Waals surface area contributed by atoms with Gasteiger partial charge in [0.1, 0.15) is 5.69 Å². The van der Waals surface area contributed by atoms with E-state index >= 15 is 0 Å². The predicted octanol–water partition coefficient (Wildman–Crippen LogP) is 2.95. The second kappa shape index (κ2) is 6.84. The third-order valence-electron chi connectivity index (χ3n) is 4.54. The number of hydrogen-bond acceptors (Lipinski definition) is 4. The van der Waals surface area contributed by atoms with E-state index in [1.54, 1.807) is 22.6 Å². The highest BCUT2D eigenvalue weighted by Gasteiger charge is 2.43. The van der Waals surface area contributed by atoms with Gasteiger partial charge in [-0.3, -0.25) is 14.2 Å². The van der Waals surface area contributed by atoms with E-state index in [2.05, 4.69) is 4.98 Å². The minimum Gasteiger partial charge on any atom is -0.466 e. The summed E-state index contributed by atoms with van der Waals surface area (Å²) < 4.78 is 7.33. The number of likely N-dealkylation sites (tertiary alicyclic amines) is 1. The van der Waals surface area contributed by atoms with E-state index in [1.807, 2.05) is 37.3 Å². The van der Waals surface area contributed by atoms with Gasteiger partial charge in [-0.15, -0.1) is 0 Å². The molecule has 6 nitrogen and oxygen atoms in total. The Labute approximate surface area is 151 Å². The van der Waals surface area contributed by atoms with E-state index in [4.69, 9.17) is 17.0 Å². The first-order valence-electron chi connectivity index (χ1n) is 8.28. The molecule has 1 aliphatic rings. The molecule has 132 valence electrons. The third kappa shape index (κ3) is 3.24. The number of hydrogen-bond donors (Lipinski definition) is 1. The Kier molecular flexibility index (Phi) is 4.76. The number of carbonyl (C=O) groups is 2. The zero-order valence-corrected chi connectivity index (χ0v) is 15.1. The molecule has 0 saturated carbocycles. The number of esters is 1. The maximum absolute atomic E-state index is 13.0. The highest BCUT2D eigenvalue weighted by Crippen LogP contribution is 2.32. The SMILES string of the molecule is CCOC(=O)[C@]1(C)CCN(C(=O)c2c[nH]c(=S)n2-c2ccccc2)C1. The molecule has 1 saturated heterocycles. The summed E-state index contributed by atoms with van der Waals surface area (Å²) in [4.78, 5) is 29.8. The van der Waals surface area contributed by atoms with Crippen molar-refractivity contribution in [2.75, 3.05) is 19.7 Å². The average Bonchev–Trinajstić information content (AvgIpc) is 3.19. The zero-order chi connectivity index (χ0) is 18.0. The minimum atomic E-state index is -0.656. The first-order valence-corrected chi connectivity index (χ1v) is 8.69. The van der Waals surface area contributed by atoms with E-state index in [0.29, 0.717) is 36.6 Å². The third-order valence-corrected chi connectivity index (χ3v) is 4.84. The van der Waals surface area contributed by atoms with Crippen LogP contribution in [0.5, 0.6) is 0 Å². The van der Waals surface area contributed by atoms with Gasteiger partial charge < -0.3 is 14.6 Å². The predicted molar refractivity (Wildman–Crippen MR) is 96.2 cm³/mol. The molecule has 0 spiro atoms. The number of aromatic amines is 1. The summed E-state index contributed by atoms with van der Waals surface area (Å²) in [5.74, 6) is -0.400. The van der Waals surface area contributed by atoms with Crippen LogP contribution in [0.25, 0.3) is 5.69 Å². The van der Waals surface area contributed by atoms with Gasteiger partial charge >= 0.3 is 5.97 Å². The molecule has 1 aromatic carbocycles. The molecule has 0 bridgehead atoms. The molecule has 0 aliphatic carbocycles. The fraction of sp³-hybridized carbons (Fsp3) is 0.389. The van der Waals surface area contributed by atoms with Gasteiger partial charge in [-0.1, -0.05) is 18.2 Å². The van der Waals surface area contributed by atoms with Crippen LogP contribution in [0.4, 0.5) is 0 Å². The van der Waals surface area contributed by atoms with Crippen molar-refractivity contribution in [3.05, 3.63) is 47.0 Å². The van der Waals surface area contributed by atoms with E-state index in [9.17, 15) is 9.59 Å². The van der Waals surface area contributed by atoms with Crippen molar-refractivity contribution in [2.24, 2.45) is 5.41 Å². The quantitative estimate of drug-likeness (QED) is 0.673. The molecule has 1 amide bonds. The Morgan fingerprint density at radius 1 is 1.32 bits per heavy atom. The van der Waals surface area contributed by atoms with Crippen LogP contribution in [0.15, 0.2) is 36.5 Å². The number of benzene rings is 1. The van der Waals surface area contributed by atoms with Crippen LogP contribution < -0.4 is 0 Å². The zero-order valence-electron chi connectivity index (χ0n) is 14.3. The lowest BCUT2D eigenvalue weighted by molar-refractivity contribution is -0.153. The number of carbonyl (C=O) groups excluding carboxylic acids is 2. The topological polar surface area (TPSA) is 67.3 Å². The molecule has 3 rings (SSSR count). The van der Waals surface area contributed by atoms with Gasteiger partial charge in [0.15, 0.2) is 4.77 Å².